The molecule has 12 rings (SSSR count). The van der Waals surface area contributed by atoms with Crippen molar-refractivity contribution in [2.45, 2.75) is 0 Å². The van der Waals surface area contributed by atoms with Crippen molar-refractivity contribution in [1.82, 2.24) is 19.5 Å². The van der Waals surface area contributed by atoms with E-state index in [1.54, 1.807) is 0 Å². The Balaban J connectivity index is 1.15. The van der Waals surface area contributed by atoms with Gasteiger partial charge in [-0.15, -0.1) is 0 Å². The van der Waals surface area contributed by atoms with Gasteiger partial charge in [-0.2, -0.15) is 0 Å². The Labute approximate surface area is 313 Å². The average Bonchev–Trinajstić information content (AvgIpc) is 3.91. The van der Waals surface area contributed by atoms with Gasteiger partial charge < -0.3 is 13.4 Å². The van der Waals surface area contributed by atoms with Gasteiger partial charge in [0.15, 0.2) is 17.5 Å². The van der Waals surface area contributed by atoms with Crippen LogP contribution in [0.2, 0.25) is 0 Å². The summed E-state index contributed by atoms with van der Waals surface area (Å²) in [5, 5.41) is 8.97. The van der Waals surface area contributed by atoms with E-state index in [1.807, 2.05) is 66.7 Å². The molecule has 0 atom stereocenters. The lowest BCUT2D eigenvalue weighted by Gasteiger charge is -2.13. The van der Waals surface area contributed by atoms with Gasteiger partial charge in [0.2, 0.25) is 0 Å². The number of nitrogens with zero attached hydrogens (tertiary/aromatic N) is 4. The minimum atomic E-state index is 0.545. The molecule has 0 amide bonds. The molecule has 0 aliphatic heterocycles. The Morgan fingerprint density at radius 2 is 0.927 bits per heavy atom. The van der Waals surface area contributed by atoms with Crippen molar-refractivity contribution >= 4 is 76.5 Å². The first-order valence-electron chi connectivity index (χ1n) is 18.3. The zero-order valence-electron chi connectivity index (χ0n) is 29.3. The van der Waals surface area contributed by atoms with E-state index in [-0.39, 0.29) is 0 Å². The Hall–Kier alpha value is -7.57. The third-order valence-electron chi connectivity index (χ3n) is 10.8. The Morgan fingerprint density at radius 3 is 1.75 bits per heavy atom. The number of fused-ring (bicyclic) bond motifs is 10. The van der Waals surface area contributed by atoms with Crippen LogP contribution >= 0.6 is 0 Å². The molecule has 0 unspecified atom stereocenters. The minimum Gasteiger partial charge on any atom is -0.456 e. The zero-order chi connectivity index (χ0) is 36.0. The van der Waals surface area contributed by atoms with Gasteiger partial charge in [-0.25, -0.2) is 15.0 Å². The molecule has 8 aromatic carbocycles. The topological polar surface area (TPSA) is 69.9 Å². The molecule has 0 fully saturated rings. The molecule has 0 aliphatic carbocycles. The maximum absolute atomic E-state index is 6.66. The molecule has 0 aliphatic rings. The predicted molar refractivity (Wildman–Crippen MR) is 223 cm³/mol. The molecular weight excluding hydrogens is 677 g/mol. The van der Waals surface area contributed by atoms with Gasteiger partial charge in [0.1, 0.15) is 22.3 Å². The third-order valence-corrected chi connectivity index (χ3v) is 10.8. The van der Waals surface area contributed by atoms with E-state index in [1.165, 1.54) is 21.5 Å². The molecule has 12 aromatic rings. The number of hydrogen-bond donors (Lipinski definition) is 0. The van der Waals surface area contributed by atoms with Gasteiger partial charge in [-0.3, -0.25) is 0 Å². The number of aromatic nitrogens is 4. The monoisotopic (exact) mass is 704 g/mol. The molecule has 0 saturated carbocycles. The van der Waals surface area contributed by atoms with Crippen LogP contribution in [0.25, 0.3) is 116 Å². The number of rotatable bonds is 4. The predicted octanol–water partition coefficient (Wildman–Crippen LogP) is 12.9. The second-order valence-corrected chi connectivity index (χ2v) is 14.0. The summed E-state index contributed by atoms with van der Waals surface area (Å²) in [6.45, 7) is 0. The first kappa shape index (κ1) is 29.9. The summed E-state index contributed by atoms with van der Waals surface area (Å²) in [4.78, 5) is 15.4. The fourth-order valence-corrected chi connectivity index (χ4v) is 8.27. The van der Waals surface area contributed by atoms with Crippen molar-refractivity contribution in [3.05, 3.63) is 170 Å². The van der Waals surface area contributed by atoms with Crippen LogP contribution in [0, 0.1) is 0 Å². The summed E-state index contributed by atoms with van der Waals surface area (Å²) in [7, 11) is 0. The smallest absolute Gasteiger partial charge is 0.164 e. The van der Waals surface area contributed by atoms with Gasteiger partial charge in [-0.05, 0) is 65.4 Å². The molecule has 4 aromatic heterocycles. The summed E-state index contributed by atoms with van der Waals surface area (Å²) in [5.41, 5.74) is 8.98. The van der Waals surface area contributed by atoms with Gasteiger partial charge in [0, 0.05) is 43.6 Å². The van der Waals surface area contributed by atoms with Gasteiger partial charge in [0.25, 0.3) is 0 Å². The molecule has 55 heavy (non-hydrogen) atoms. The maximum atomic E-state index is 6.66. The fourth-order valence-electron chi connectivity index (χ4n) is 8.27. The molecular formula is C49H28N4O2. The lowest BCUT2D eigenvalue weighted by atomic mass is 10.1. The van der Waals surface area contributed by atoms with Crippen molar-refractivity contribution in [3.63, 3.8) is 0 Å². The minimum absolute atomic E-state index is 0.545. The highest BCUT2D eigenvalue weighted by Gasteiger charge is 2.22. The van der Waals surface area contributed by atoms with Gasteiger partial charge in [0.05, 0.1) is 22.1 Å². The Kier molecular flexibility index (Phi) is 6.24. The Morgan fingerprint density at radius 1 is 0.345 bits per heavy atom. The number of furan rings is 2. The van der Waals surface area contributed by atoms with E-state index >= 15 is 0 Å². The fraction of sp³-hybridized carbons (Fsp3) is 0. The molecule has 6 nitrogen and oxygen atoms in total. The molecule has 0 N–H and O–H groups in total. The van der Waals surface area contributed by atoms with Crippen LogP contribution in [0.5, 0.6) is 0 Å². The SMILES string of the molecule is c1ccc(-c2nc(-c3ccc4c(c3)oc3ccccc34)nc(-c3cc(-n4c5ccccc5c5cc6ccccc6cc54)c4c(c3)oc3ccccc34)n2)cc1. The lowest BCUT2D eigenvalue weighted by Crippen LogP contribution is -2.01. The zero-order valence-corrected chi connectivity index (χ0v) is 29.3. The first-order chi connectivity index (χ1) is 27.2. The second-order valence-electron chi connectivity index (χ2n) is 14.0. The molecule has 6 heteroatoms. The van der Waals surface area contributed by atoms with E-state index < -0.39 is 0 Å². The van der Waals surface area contributed by atoms with Crippen molar-refractivity contribution in [3.8, 4) is 39.9 Å². The van der Waals surface area contributed by atoms with Gasteiger partial charge >= 0.3 is 0 Å². The third kappa shape index (κ3) is 4.58. The van der Waals surface area contributed by atoms with Crippen molar-refractivity contribution in [1.29, 1.82) is 0 Å². The molecule has 0 spiro atoms. The largest absolute Gasteiger partial charge is 0.456 e. The first-order valence-corrected chi connectivity index (χ1v) is 18.3. The van der Waals surface area contributed by atoms with E-state index in [2.05, 4.69) is 108 Å². The van der Waals surface area contributed by atoms with Crippen LogP contribution in [0.3, 0.4) is 0 Å². The second kappa shape index (κ2) is 11.5. The van der Waals surface area contributed by atoms with Crippen LogP contribution < -0.4 is 0 Å². The quantitative estimate of drug-likeness (QED) is 0.182. The highest BCUT2D eigenvalue weighted by molar-refractivity contribution is 6.17. The molecule has 0 bridgehead atoms. The van der Waals surface area contributed by atoms with Crippen molar-refractivity contribution < 1.29 is 8.83 Å². The molecule has 4 heterocycles. The van der Waals surface area contributed by atoms with Crippen LogP contribution in [0.15, 0.2) is 179 Å². The molecule has 0 radical (unpaired) electrons. The van der Waals surface area contributed by atoms with Crippen LogP contribution in [-0.4, -0.2) is 19.5 Å². The summed E-state index contributed by atoms with van der Waals surface area (Å²) in [6.07, 6.45) is 0. The number of hydrogen-bond acceptors (Lipinski definition) is 5. The Bertz CT molecular complexity index is 3500. The van der Waals surface area contributed by atoms with Crippen molar-refractivity contribution in [2.75, 3.05) is 0 Å². The van der Waals surface area contributed by atoms with E-state index in [4.69, 9.17) is 23.8 Å². The standard InChI is InChI=1S/C49H28N4O2/c1-2-12-29(13-3-1)47-50-48(32-22-23-36-35-17-7-10-20-42(35)54-44(36)27-32)52-49(51-47)33-26-41(46-37-18-8-11-21-43(37)55-45(46)28-33)53-39-19-9-6-16-34(39)38-24-30-14-4-5-15-31(30)25-40(38)53/h1-28H. The van der Waals surface area contributed by atoms with Crippen LogP contribution in [0.1, 0.15) is 0 Å². The molecule has 0 saturated heterocycles. The highest BCUT2D eigenvalue weighted by atomic mass is 16.3. The van der Waals surface area contributed by atoms with Gasteiger partial charge in [-0.1, -0.05) is 115 Å². The number of benzene rings is 8. The van der Waals surface area contributed by atoms with E-state index in [0.29, 0.717) is 17.5 Å². The average molecular weight is 705 g/mol. The van der Waals surface area contributed by atoms with E-state index in [0.717, 1.165) is 77.3 Å². The summed E-state index contributed by atoms with van der Waals surface area (Å²) >= 11 is 0. The summed E-state index contributed by atoms with van der Waals surface area (Å²) in [6, 6.07) is 58.7. The number of para-hydroxylation sites is 3. The summed E-state index contributed by atoms with van der Waals surface area (Å²) in [5.74, 6) is 1.68. The van der Waals surface area contributed by atoms with E-state index in [9.17, 15) is 0 Å². The normalized spacial score (nSPS) is 12.0. The van der Waals surface area contributed by atoms with Crippen molar-refractivity contribution in [2.24, 2.45) is 0 Å². The summed E-state index contributed by atoms with van der Waals surface area (Å²) < 4.78 is 15.3. The highest BCUT2D eigenvalue weighted by Crippen LogP contribution is 2.42. The van der Waals surface area contributed by atoms with Crippen LogP contribution in [0.4, 0.5) is 0 Å². The van der Waals surface area contributed by atoms with Crippen LogP contribution in [-0.2, 0) is 0 Å². The maximum Gasteiger partial charge on any atom is 0.164 e. The lowest BCUT2D eigenvalue weighted by molar-refractivity contribution is 0.668. The molecule has 256 valence electrons.